The molecule has 2 fully saturated rings. The molecule has 1 aliphatic carbocycles. The summed E-state index contributed by atoms with van der Waals surface area (Å²) in [6.07, 6.45) is 6.99. The molecule has 1 N–H and O–H groups in total. The Labute approximate surface area is 184 Å². The van der Waals surface area contributed by atoms with Crippen LogP contribution in [0.4, 0.5) is 4.79 Å². The van der Waals surface area contributed by atoms with Crippen molar-refractivity contribution in [3.63, 3.8) is 0 Å². The number of aliphatic hydroxyl groups is 1. The number of rotatable bonds is 3. The van der Waals surface area contributed by atoms with Crippen molar-refractivity contribution in [3.8, 4) is 11.3 Å². The molecular weight excluding hydrogens is 390 g/mol. The van der Waals surface area contributed by atoms with Gasteiger partial charge in [-0.05, 0) is 64.9 Å². The summed E-state index contributed by atoms with van der Waals surface area (Å²) >= 11 is 0. The number of aliphatic hydroxyl groups excluding tert-OH is 1. The number of benzene rings is 1. The third kappa shape index (κ3) is 3.45. The first-order chi connectivity index (χ1) is 14.7. The van der Waals surface area contributed by atoms with Crippen LogP contribution in [0.3, 0.4) is 0 Å². The van der Waals surface area contributed by atoms with Gasteiger partial charge in [-0.15, -0.1) is 0 Å². The zero-order valence-electron chi connectivity index (χ0n) is 18.9. The van der Waals surface area contributed by atoms with Crippen molar-refractivity contribution in [2.24, 2.45) is 11.8 Å². The number of imidazole rings is 1. The molecule has 0 radical (unpaired) electrons. The monoisotopic (exact) mass is 423 g/mol. The zero-order chi connectivity index (χ0) is 21.9. The largest absolute Gasteiger partial charge is 0.444 e. The lowest BCUT2D eigenvalue weighted by molar-refractivity contribution is -0.0700. The maximum absolute atomic E-state index is 12.8. The molecule has 2 aliphatic heterocycles. The Morgan fingerprint density at radius 3 is 2.77 bits per heavy atom. The van der Waals surface area contributed by atoms with E-state index in [1.807, 2.05) is 38.2 Å². The number of fused-ring (bicyclic) bond motifs is 3. The van der Waals surface area contributed by atoms with Crippen LogP contribution in [-0.4, -0.2) is 49.4 Å². The van der Waals surface area contributed by atoms with Gasteiger partial charge in [0, 0.05) is 23.6 Å². The average molecular weight is 424 g/mol. The highest BCUT2D eigenvalue weighted by Crippen LogP contribution is 2.52. The summed E-state index contributed by atoms with van der Waals surface area (Å²) in [6.45, 7) is 7.82. The van der Waals surface area contributed by atoms with Gasteiger partial charge in [0.15, 0.2) is 0 Å². The molecule has 3 heterocycles. The molecule has 31 heavy (non-hydrogen) atoms. The van der Waals surface area contributed by atoms with E-state index in [-0.39, 0.29) is 42.2 Å². The second kappa shape index (κ2) is 7.37. The lowest BCUT2D eigenvalue weighted by Gasteiger charge is -2.47. The molecule has 1 saturated heterocycles. The molecule has 0 spiro atoms. The van der Waals surface area contributed by atoms with Gasteiger partial charge in [-0.2, -0.15) is 0 Å². The number of carbonyl (C=O) groups is 1. The molecule has 6 heteroatoms. The number of nitrogens with zero attached hydrogens (tertiary/aromatic N) is 3. The highest BCUT2D eigenvalue weighted by Gasteiger charge is 2.50. The predicted molar refractivity (Wildman–Crippen MR) is 119 cm³/mol. The number of aromatic nitrogens is 2. The third-order valence-corrected chi connectivity index (χ3v) is 7.39. The molecule has 1 aromatic carbocycles. The number of carbonyl (C=O) groups excluding carboxylic acids is 1. The molecule has 0 unspecified atom stereocenters. The number of amides is 1. The summed E-state index contributed by atoms with van der Waals surface area (Å²) in [4.78, 5) is 19.1. The molecule has 6 atom stereocenters. The minimum atomic E-state index is -0.497. The summed E-state index contributed by atoms with van der Waals surface area (Å²) in [5, 5.41) is 11.2. The van der Waals surface area contributed by atoms with Gasteiger partial charge in [-0.25, -0.2) is 9.78 Å². The fraction of sp³-hybridized carbons (Fsp3) is 0.600. The summed E-state index contributed by atoms with van der Waals surface area (Å²) in [7, 11) is 0. The van der Waals surface area contributed by atoms with Crippen molar-refractivity contribution in [3.05, 3.63) is 42.4 Å². The highest BCUT2D eigenvalue weighted by atomic mass is 16.6. The van der Waals surface area contributed by atoms with Gasteiger partial charge in [-0.3, -0.25) is 0 Å². The fourth-order valence-electron chi connectivity index (χ4n) is 5.94. The van der Waals surface area contributed by atoms with Gasteiger partial charge >= 0.3 is 6.09 Å². The van der Waals surface area contributed by atoms with E-state index >= 15 is 0 Å². The average Bonchev–Trinajstić information content (AvgIpc) is 3.38. The maximum Gasteiger partial charge on any atom is 0.410 e. The minimum absolute atomic E-state index is 0.143. The van der Waals surface area contributed by atoms with Crippen molar-refractivity contribution < 1.29 is 14.6 Å². The van der Waals surface area contributed by atoms with Gasteiger partial charge in [0.1, 0.15) is 5.60 Å². The van der Waals surface area contributed by atoms with Crippen molar-refractivity contribution in [2.75, 3.05) is 0 Å². The van der Waals surface area contributed by atoms with Crippen LogP contribution in [0.2, 0.25) is 0 Å². The lowest BCUT2D eigenvalue weighted by Crippen LogP contribution is -2.50. The van der Waals surface area contributed by atoms with Crippen molar-refractivity contribution in [1.29, 1.82) is 0 Å². The van der Waals surface area contributed by atoms with Crippen LogP contribution < -0.4 is 0 Å². The Kier molecular flexibility index (Phi) is 4.88. The van der Waals surface area contributed by atoms with Crippen LogP contribution in [0, 0.1) is 11.8 Å². The second-order valence-electron chi connectivity index (χ2n) is 10.6. The molecule has 1 amide bonds. The van der Waals surface area contributed by atoms with Crippen LogP contribution in [0.5, 0.6) is 0 Å². The van der Waals surface area contributed by atoms with E-state index in [9.17, 15) is 9.90 Å². The van der Waals surface area contributed by atoms with Crippen molar-refractivity contribution in [1.82, 2.24) is 14.5 Å². The number of likely N-dealkylation sites (tertiary alicyclic amines) is 1. The SMILES string of the molecule is C[C@H]1CC[C@@H](C[C@@H]2C[C@H]([C@@H]3c4ccccc4-c4cncn43)[C@@H]2O)N1C(=O)OC(C)(C)C. The molecule has 1 saturated carbocycles. The van der Waals surface area contributed by atoms with E-state index < -0.39 is 5.60 Å². The molecule has 1 aromatic heterocycles. The quantitative estimate of drug-likeness (QED) is 0.782. The van der Waals surface area contributed by atoms with E-state index in [0.29, 0.717) is 0 Å². The smallest absolute Gasteiger partial charge is 0.410 e. The zero-order valence-corrected chi connectivity index (χ0v) is 18.9. The van der Waals surface area contributed by atoms with Gasteiger partial charge in [0.25, 0.3) is 0 Å². The number of hydrogen-bond acceptors (Lipinski definition) is 4. The Bertz CT molecular complexity index is 978. The van der Waals surface area contributed by atoms with E-state index in [4.69, 9.17) is 4.74 Å². The molecule has 2 aromatic rings. The Morgan fingerprint density at radius 2 is 2.03 bits per heavy atom. The van der Waals surface area contributed by atoms with Crippen LogP contribution >= 0.6 is 0 Å². The lowest BCUT2D eigenvalue weighted by atomic mass is 9.65. The number of hydrogen-bond donors (Lipinski definition) is 1. The van der Waals surface area contributed by atoms with Crippen LogP contribution in [-0.2, 0) is 4.74 Å². The normalized spacial score (nSPS) is 31.8. The Morgan fingerprint density at radius 1 is 1.26 bits per heavy atom. The molecule has 5 rings (SSSR count). The summed E-state index contributed by atoms with van der Waals surface area (Å²) < 4.78 is 7.89. The van der Waals surface area contributed by atoms with E-state index in [1.165, 1.54) is 11.1 Å². The molecule has 166 valence electrons. The first kappa shape index (κ1) is 20.6. The van der Waals surface area contributed by atoms with E-state index in [2.05, 4.69) is 40.7 Å². The fourth-order valence-corrected chi connectivity index (χ4v) is 5.94. The van der Waals surface area contributed by atoms with Crippen LogP contribution in [0.1, 0.15) is 65.0 Å². The first-order valence-electron chi connectivity index (χ1n) is 11.5. The van der Waals surface area contributed by atoms with E-state index in [1.54, 1.807) is 0 Å². The molecule has 0 bridgehead atoms. The summed E-state index contributed by atoms with van der Waals surface area (Å²) in [5.41, 5.74) is 3.15. The van der Waals surface area contributed by atoms with Crippen LogP contribution in [0.15, 0.2) is 36.8 Å². The summed E-state index contributed by atoms with van der Waals surface area (Å²) in [6, 6.07) is 8.93. The molecular formula is C25H33N3O3. The van der Waals surface area contributed by atoms with Gasteiger partial charge in [0.05, 0.1) is 30.4 Å². The standard InChI is InChI=1S/C25H33N3O3/c1-15-9-10-17(28(15)24(30)31-25(2,3)4)11-16-12-20(23(16)29)22-19-8-6-5-7-18(19)21-13-26-14-27(21)22/h5-8,13-17,20,22-23,29H,9-12H2,1-4H3/t15-,16+,17-,20+,22-,23+/m0/s1. The maximum atomic E-state index is 12.8. The van der Waals surface area contributed by atoms with Crippen LogP contribution in [0.25, 0.3) is 11.3 Å². The minimum Gasteiger partial charge on any atom is -0.444 e. The summed E-state index contributed by atoms with van der Waals surface area (Å²) in [5.74, 6) is 0.389. The number of ether oxygens (including phenoxy) is 1. The Hall–Kier alpha value is -2.34. The van der Waals surface area contributed by atoms with Crippen molar-refractivity contribution >= 4 is 6.09 Å². The molecule has 3 aliphatic rings. The topological polar surface area (TPSA) is 67.6 Å². The van der Waals surface area contributed by atoms with Gasteiger partial charge in [-0.1, -0.05) is 24.3 Å². The van der Waals surface area contributed by atoms with Gasteiger partial charge < -0.3 is 19.3 Å². The van der Waals surface area contributed by atoms with E-state index in [0.717, 1.165) is 31.4 Å². The predicted octanol–water partition coefficient (Wildman–Crippen LogP) is 4.63. The van der Waals surface area contributed by atoms with Gasteiger partial charge in [0.2, 0.25) is 0 Å². The molecule has 6 nitrogen and oxygen atoms in total. The third-order valence-electron chi connectivity index (χ3n) is 7.39. The Balaban J connectivity index is 1.29. The first-order valence-corrected chi connectivity index (χ1v) is 11.5. The van der Waals surface area contributed by atoms with Crippen molar-refractivity contribution in [2.45, 2.75) is 83.2 Å². The highest BCUT2D eigenvalue weighted by molar-refractivity contribution is 5.70. The second-order valence-corrected chi connectivity index (χ2v) is 10.6.